The van der Waals surface area contributed by atoms with Crippen LogP contribution in [0.15, 0.2) is 12.3 Å². The van der Waals surface area contributed by atoms with E-state index >= 15 is 0 Å². The third kappa shape index (κ3) is 3.24. The Balaban J connectivity index is 2.41. The van der Waals surface area contributed by atoms with Gasteiger partial charge in [-0.1, -0.05) is 6.92 Å². The molecule has 2 aromatic rings. The van der Waals surface area contributed by atoms with Gasteiger partial charge in [0.05, 0.1) is 10.6 Å². The summed E-state index contributed by atoms with van der Waals surface area (Å²) in [7, 11) is 1.70. The van der Waals surface area contributed by atoms with Gasteiger partial charge in [-0.3, -0.25) is 0 Å². The average Bonchev–Trinajstić information content (AvgIpc) is 2.88. The van der Waals surface area contributed by atoms with Gasteiger partial charge >= 0.3 is 6.18 Å². The first-order valence-corrected chi connectivity index (χ1v) is 6.84. The average molecular weight is 302 g/mol. The number of hydrogen-bond acceptors (Lipinski definition) is 5. The Morgan fingerprint density at radius 1 is 1.30 bits per heavy atom. The van der Waals surface area contributed by atoms with E-state index in [9.17, 15) is 13.2 Å². The molecule has 4 nitrogen and oxygen atoms in total. The summed E-state index contributed by atoms with van der Waals surface area (Å²) < 4.78 is 37.7. The second-order valence-corrected chi connectivity index (χ2v) is 5.11. The van der Waals surface area contributed by atoms with Crippen molar-refractivity contribution in [2.75, 3.05) is 12.4 Å². The summed E-state index contributed by atoms with van der Waals surface area (Å²) in [6.07, 6.45) is -1.68. The van der Waals surface area contributed by atoms with Crippen LogP contribution in [0.2, 0.25) is 0 Å². The predicted molar refractivity (Wildman–Crippen MR) is 71.7 cm³/mol. The summed E-state index contributed by atoms with van der Waals surface area (Å²) in [6, 6.07) is 1.62. The van der Waals surface area contributed by atoms with E-state index in [4.69, 9.17) is 0 Å². The highest BCUT2D eigenvalue weighted by atomic mass is 32.1. The summed E-state index contributed by atoms with van der Waals surface area (Å²) in [5.41, 5.74) is 0.459. The molecular weight excluding hydrogens is 289 g/mol. The lowest BCUT2D eigenvalue weighted by Crippen LogP contribution is -2.03. The zero-order valence-corrected chi connectivity index (χ0v) is 11.8. The minimum Gasteiger partial charge on any atom is -0.373 e. The predicted octanol–water partition coefficient (Wildman–Crippen LogP) is 3.61. The number of alkyl halides is 3. The largest absolute Gasteiger partial charge is 0.443 e. The zero-order valence-electron chi connectivity index (χ0n) is 11.0. The van der Waals surface area contributed by atoms with Gasteiger partial charge in [-0.05, 0) is 6.42 Å². The molecule has 0 aliphatic carbocycles. The number of aromatic nitrogens is 3. The minimum absolute atomic E-state index is 0.383. The summed E-state index contributed by atoms with van der Waals surface area (Å²) in [4.78, 5) is 12.3. The first kappa shape index (κ1) is 14.7. The van der Waals surface area contributed by atoms with E-state index in [1.54, 1.807) is 13.1 Å². The Kier molecular flexibility index (Phi) is 4.22. The second kappa shape index (κ2) is 5.74. The van der Waals surface area contributed by atoms with Gasteiger partial charge in [0.2, 0.25) is 0 Å². The van der Waals surface area contributed by atoms with Crippen LogP contribution in [0, 0.1) is 0 Å². The van der Waals surface area contributed by atoms with Crippen molar-refractivity contribution in [2.45, 2.75) is 25.9 Å². The Labute approximate surface area is 118 Å². The Hall–Kier alpha value is -1.70. The van der Waals surface area contributed by atoms with Crippen molar-refractivity contribution >= 4 is 17.2 Å². The quantitative estimate of drug-likeness (QED) is 0.937. The Morgan fingerprint density at radius 3 is 2.60 bits per heavy atom. The van der Waals surface area contributed by atoms with Gasteiger partial charge in [0.1, 0.15) is 11.6 Å². The van der Waals surface area contributed by atoms with Crippen molar-refractivity contribution in [3.8, 4) is 10.6 Å². The monoisotopic (exact) mass is 302 g/mol. The van der Waals surface area contributed by atoms with Gasteiger partial charge in [0.15, 0.2) is 5.01 Å². The highest BCUT2D eigenvalue weighted by Crippen LogP contribution is 2.36. The van der Waals surface area contributed by atoms with Crippen molar-refractivity contribution < 1.29 is 13.2 Å². The van der Waals surface area contributed by atoms with Gasteiger partial charge in [-0.15, -0.1) is 11.3 Å². The van der Waals surface area contributed by atoms with Gasteiger partial charge in [0.25, 0.3) is 0 Å². The van der Waals surface area contributed by atoms with Gasteiger partial charge in [0, 0.05) is 25.7 Å². The lowest BCUT2D eigenvalue weighted by atomic mass is 10.3. The number of halogens is 3. The van der Waals surface area contributed by atoms with Crippen LogP contribution in [0.1, 0.15) is 24.2 Å². The molecule has 0 saturated heterocycles. The molecule has 2 aromatic heterocycles. The molecule has 0 atom stereocenters. The van der Waals surface area contributed by atoms with E-state index in [1.165, 1.54) is 6.20 Å². The van der Waals surface area contributed by atoms with Crippen LogP contribution >= 0.6 is 11.3 Å². The number of anilines is 1. The molecule has 0 saturated carbocycles. The van der Waals surface area contributed by atoms with E-state index in [0.717, 1.165) is 6.42 Å². The molecule has 1 N–H and O–H groups in total. The normalized spacial score (nSPS) is 11.7. The third-order valence-corrected chi connectivity index (χ3v) is 3.57. The summed E-state index contributed by atoms with van der Waals surface area (Å²) >= 11 is 0.585. The number of thiazole rings is 1. The molecule has 0 bridgehead atoms. The lowest BCUT2D eigenvalue weighted by molar-refractivity contribution is -0.137. The van der Waals surface area contributed by atoms with Gasteiger partial charge in [-0.25, -0.2) is 15.0 Å². The van der Waals surface area contributed by atoms with Crippen molar-refractivity contribution in [1.29, 1.82) is 0 Å². The lowest BCUT2D eigenvalue weighted by Gasteiger charge is -2.05. The number of nitrogens with zero attached hydrogens (tertiary/aromatic N) is 3. The second-order valence-electron chi connectivity index (χ2n) is 4.08. The summed E-state index contributed by atoms with van der Waals surface area (Å²) in [5, 5.41) is 2.02. The molecule has 2 heterocycles. The zero-order chi connectivity index (χ0) is 14.8. The summed E-state index contributed by atoms with van der Waals surface area (Å²) in [6.45, 7) is 1.99. The first-order chi connectivity index (χ1) is 9.44. The Morgan fingerprint density at radius 2 is 2.05 bits per heavy atom. The molecule has 20 heavy (non-hydrogen) atoms. The molecule has 0 unspecified atom stereocenters. The molecule has 8 heteroatoms. The maximum Gasteiger partial charge on any atom is 0.443 e. The van der Waals surface area contributed by atoms with Gasteiger partial charge < -0.3 is 5.32 Å². The highest BCUT2D eigenvalue weighted by Gasteiger charge is 2.34. The third-order valence-electron chi connectivity index (χ3n) is 2.50. The number of nitrogens with one attached hydrogen (secondary N) is 1. The maximum atomic E-state index is 12.6. The molecule has 0 aromatic carbocycles. The van der Waals surface area contributed by atoms with Crippen LogP contribution < -0.4 is 5.32 Å². The molecule has 2 rings (SSSR count). The molecule has 108 valence electrons. The fourth-order valence-corrected chi connectivity index (χ4v) is 2.35. The van der Waals surface area contributed by atoms with E-state index in [0.29, 0.717) is 40.0 Å². The standard InChI is InChI=1S/C12H13F3N4S/c1-3-4-9-18-7(5-10(16-2)19-9)8-6-17-11(20-8)12(13,14)15/h5-6H,3-4H2,1-2H3,(H,16,18,19). The molecule has 0 radical (unpaired) electrons. The molecule has 0 amide bonds. The number of hydrogen-bond donors (Lipinski definition) is 1. The van der Waals surface area contributed by atoms with Crippen molar-refractivity contribution in [3.63, 3.8) is 0 Å². The SMILES string of the molecule is CCCc1nc(NC)cc(-c2cnc(C(F)(F)F)s2)n1. The minimum atomic E-state index is -4.42. The van der Waals surface area contributed by atoms with Crippen LogP contribution in [0.25, 0.3) is 10.6 Å². The fraction of sp³-hybridized carbons (Fsp3) is 0.417. The molecular formula is C12H13F3N4S. The first-order valence-electron chi connectivity index (χ1n) is 6.03. The highest BCUT2D eigenvalue weighted by molar-refractivity contribution is 7.15. The molecule has 0 fully saturated rings. The van der Waals surface area contributed by atoms with E-state index in [1.807, 2.05) is 6.92 Å². The summed E-state index contributed by atoms with van der Waals surface area (Å²) in [5.74, 6) is 1.19. The van der Waals surface area contributed by atoms with Crippen molar-refractivity contribution in [2.24, 2.45) is 0 Å². The maximum absolute atomic E-state index is 12.6. The molecule has 0 spiro atoms. The van der Waals surface area contributed by atoms with E-state index < -0.39 is 11.2 Å². The van der Waals surface area contributed by atoms with Crippen molar-refractivity contribution in [3.05, 3.63) is 23.1 Å². The van der Waals surface area contributed by atoms with Crippen LogP contribution in [0.5, 0.6) is 0 Å². The van der Waals surface area contributed by atoms with Crippen LogP contribution in [-0.4, -0.2) is 22.0 Å². The number of aryl methyl sites for hydroxylation is 1. The van der Waals surface area contributed by atoms with Crippen LogP contribution in [-0.2, 0) is 12.6 Å². The molecule has 0 aliphatic rings. The van der Waals surface area contributed by atoms with Crippen molar-refractivity contribution in [1.82, 2.24) is 15.0 Å². The smallest absolute Gasteiger partial charge is 0.373 e. The van der Waals surface area contributed by atoms with Gasteiger partial charge in [-0.2, -0.15) is 13.2 Å². The van der Waals surface area contributed by atoms with Crippen LogP contribution in [0.3, 0.4) is 0 Å². The topological polar surface area (TPSA) is 50.7 Å². The van der Waals surface area contributed by atoms with E-state index in [-0.39, 0.29) is 0 Å². The molecule has 0 aliphatic heterocycles. The van der Waals surface area contributed by atoms with E-state index in [2.05, 4.69) is 20.3 Å². The Bertz CT molecular complexity index is 595. The number of rotatable bonds is 4. The van der Waals surface area contributed by atoms with Crippen LogP contribution in [0.4, 0.5) is 19.0 Å². The fourth-order valence-electron chi connectivity index (χ4n) is 1.61.